The number of amides is 1. The number of fused-ring (bicyclic) bond motifs is 2. The third-order valence-corrected chi connectivity index (χ3v) is 5.68. The van der Waals surface area contributed by atoms with Gasteiger partial charge in [0.2, 0.25) is 0 Å². The van der Waals surface area contributed by atoms with Crippen molar-refractivity contribution in [2.75, 3.05) is 12.9 Å². The minimum absolute atomic E-state index is 0.206. The molecule has 2 aliphatic heterocycles. The number of methoxy groups -OCH3 is 1. The normalized spacial score (nSPS) is 17.7. The van der Waals surface area contributed by atoms with E-state index in [0.29, 0.717) is 22.4 Å². The lowest BCUT2D eigenvalue weighted by Gasteiger charge is -2.34. The number of amidine groups is 1. The van der Waals surface area contributed by atoms with Crippen molar-refractivity contribution < 1.29 is 9.53 Å². The van der Waals surface area contributed by atoms with Crippen molar-refractivity contribution in [2.24, 2.45) is 10.1 Å². The Bertz CT molecular complexity index is 1120. The van der Waals surface area contributed by atoms with Gasteiger partial charge in [-0.15, -0.1) is 11.7 Å². The first-order valence-electron chi connectivity index (χ1n) is 8.56. The Morgan fingerprint density at radius 3 is 2.96 bits per heavy atom. The topological polar surface area (TPSA) is 66.3 Å². The molecule has 0 saturated heterocycles. The lowest BCUT2D eigenvalue weighted by atomic mass is 10.1. The first-order valence-corrected chi connectivity index (χ1v) is 10.3. The third kappa shape index (κ3) is 3.33. The van der Waals surface area contributed by atoms with Gasteiger partial charge in [-0.2, -0.15) is 0 Å². The van der Waals surface area contributed by atoms with Crippen LogP contribution in [0.1, 0.15) is 11.7 Å². The Morgan fingerprint density at radius 1 is 1.36 bits per heavy atom. The average molecular weight is 457 g/mol. The molecule has 0 spiro atoms. The Balaban J connectivity index is 1.95. The third-order valence-electron chi connectivity index (χ3n) is 4.32. The van der Waals surface area contributed by atoms with E-state index in [2.05, 4.69) is 32.9 Å². The van der Waals surface area contributed by atoms with Crippen LogP contribution < -0.4 is 20.6 Å². The molecule has 2 aromatic carbocycles. The molecule has 142 valence electrons. The maximum Gasteiger partial charge on any atom is 0.276 e. The standard InChI is InChI=1S/C20H17BrN4O2S/c1-3-10-28-20-23-19(26)17-13-6-4-5-7-15(13)22-18(25(17)24-20)14-11-12(21)8-9-16(14)27-2/h3-9,11,18H,1,10H2,2H3,(H,23,24,26)/t18-/m0/s1. The van der Waals surface area contributed by atoms with E-state index in [0.717, 1.165) is 20.6 Å². The van der Waals surface area contributed by atoms with Crippen LogP contribution in [0.5, 0.6) is 5.75 Å². The summed E-state index contributed by atoms with van der Waals surface area (Å²) in [5.74, 6) is 1.11. The largest absolute Gasteiger partial charge is 0.496 e. The van der Waals surface area contributed by atoms with E-state index in [1.54, 1.807) is 18.2 Å². The predicted molar refractivity (Wildman–Crippen MR) is 114 cm³/mol. The van der Waals surface area contributed by atoms with Crippen LogP contribution in [0.4, 0.5) is 0 Å². The van der Waals surface area contributed by atoms with Crippen LogP contribution in [-0.4, -0.2) is 28.9 Å². The molecule has 0 bridgehead atoms. The van der Waals surface area contributed by atoms with E-state index in [1.807, 2.05) is 42.5 Å². The minimum atomic E-state index is -0.525. The number of rotatable bonds is 4. The number of halogens is 1. The molecule has 28 heavy (non-hydrogen) atoms. The fraction of sp³-hybridized carbons (Fsp3) is 0.150. The molecule has 8 heteroatoms. The number of hydrazone groups is 1. The molecule has 0 saturated carbocycles. The van der Waals surface area contributed by atoms with E-state index in [9.17, 15) is 4.79 Å². The van der Waals surface area contributed by atoms with Crippen LogP contribution in [0.15, 0.2) is 69.7 Å². The minimum Gasteiger partial charge on any atom is -0.496 e. The molecule has 2 aromatic rings. The zero-order valence-electron chi connectivity index (χ0n) is 15.1. The summed E-state index contributed by atoms with van der Waals surface area (Å²) in [7, 11) is 1.62. The van der Waals surface area contributed by atoms with Gasteiger partial charge in [-0.25, -0.2) is 5.01 Å². The van der Waals surface area contributed by atoms with Crippen molar-refractivity contribution in [1.82, 2.24) is 10.3 Å². The molecule has 2 aliphatic rings. The molecule has 0 fully saturated rings. The lowest BCUT2D eigenvalue weighted by Crippen LogP contribution is -2.50. The maximum atomic E-state index is 13.0. The second-order valence-electron chi connectivity index (χ2n) is 6.06. The molecule has 2 heterocycles. The van der Waals surface area contributed by atoms with Gasteiger partial charge in [0.05, 0.1) is 12.5 Å². The molecule has 0 radical (unpaired) electrons. The lowest BCUT2D eigenvalue weighted by molar-refractivity contribution is -0.116. The van der Waals surface area contributed by atoms with Gasteiger partial charge in [0.25, 0.3) is 5.91 Å². The molecule has 1 atom stereocenters. The van der Waals surface area contributed by atoms with Gasteiger partial charge in [-0.1, -0.05) is 52.0 Å². The molecule has 1 N–H and O–H groups in total. The van der Waals surface area contributed by atoms with Crippen LogP contribution in [-0.2, 0) is 4.79 Å². The van der Waals surface area contributed by atoms with E-state index in [1.165, 1.54) is 11.8 Å². The molecule has 0 unspecified atom stereocenters. The zero-order chi connectivity index (χ0) is 19.7. The van der Waals surface area contributed by atoms with Crippen molar-refractivity contribution in [1.29, 1.82) is 0 Å². The maximum absolute atomic E-state index is 13.0. The molecule has 1 amide bonds. The van der Waals surface area contributed by atoms with Crippen LogP contribution in [0.3, 0.4) is 0 Å². The van der Waals surface area contributed by atoms with E-state index in [-0.39, 0.29) is 5.91 Å². The summed E-state index contributed by atoms with van der Waals surface area (Å²) in [5, 5.41) is 11.2. The molecule has 6 nitrogen and oxygen atoms in total. The van der Waals surface area contributed by atoms with Crippen LogP contribution in [0.25, 0.3) is 5.70 Å². The number of para-hydroxylation sites is 1. The van der Waals surface area contributed by atoms with Gasteiger partial charge >= 0.3 is 0 Å². The number of thioether (sulfide) groups is 1. The number of hydrogen-bond donors (Lipinski definition) is 1. The zero-order valence-corrected chi connectivity index (χ0v) is 17.5. The van der Waals surface area contributed by atoms with Crippen molar-refractivity contribution in [2.45, 2.75) is 6.17 Å². The summed E-state index contributed by atoms with van der Waals surface area (Å²) in [4.78, 5) is 17.9. The molecular formula is C20H17BrN4O2S. The van der Waals surface area contributed by atoms with Gasteiger partial charge in [0.15, 0.2) is 11.3 Å². The first kappa shape index (κ1) is 18.8. The highest BCUT2D eigenvalue weighted by Gasteiger charge is 2.35. The molecular weight excluding hydrogens is 440 g/mol. The summed E-state index contributed by atoms with van der Waals surface area (Å²) in [6, 6.07) is 13.3. The summed E-state index contributed by atoms with van der Waals surface area (Å²) < 4.78 is 6.45. The second kappa shape index (κ2) is 7.81. The highest BCUT2D eigenvalue weighted by atomic mass is 79.9. The van der Waals surface area contributed by atoms with E-state index >= 15 is 0 Å². The van der Waals surface area contributed by atoms with Gasteiger partial charge in [-0.05, 0) is 24.3 Å². The average Bonchev–Trinajstić information content (AvgIpc) is 2.71. The molecule has 0 aliphatic carbocycles. The van der Waals surface area contributed by atoms with E-state index in [4.69, 9.17) is 9.73 Å². The Labute approximate surface area is 174 Å². The van der Waals surface area contributed by atoms with Gasteiger partial charge in [-0.3, -0.25) is 15.1 Å². The fourth-order valence-electron chi connectivity index (χ4n) is 3.14. The summed E-state index contributed by atoms with van der Waals surface area (Å²) in [6.45, 7) is 3.72. The number of nitrogens with one attached hydrogen (secondary N) is 1. The highest BCUT2D eigenvalue weighted by molar-refractivity contribution is 9.10. The van der Waals surface area contributed by atoms with Crippen molar-refractivity contribution >= 4 is 44.5 Å². The van der Waals surface area contributed by atoms with E-state index < -0.39 is 6.17 Å². The Hall–Kier alpha value is -2.58. The van der Waals surface area contributed by atoms with Gasteiger partial charge in [0.1, 0.15) is 11.4 Å². The monoisotopic (exact) mass is 456 g/mol. The van der Waals surface area contributed by atoms with Crippen molar-refractivity contribution in [3.8, 4) is 5.75 Å². The van der Waals surface area contributed by atoms with Crippen LogP contribution in [0, 0.1) is 0 Å². The number of nitrogens with zero attached hydrogens (tertiary/aromatic N) is 3. The Morgan fingerprint density at radius 2 is 2.18 bits per heavy atom. The van der Waals surface area contributed by atoms with Crippen LogP contribution in [0.2, 0.25) is 0 Å². The number of hydrogen-bond acceptors (Lipinski definition) is 6. The van der Waals surface area contributed by atoms with Gasteiger partial charge < -0.3 is 4.74 Å². The summed E-state index contributed by atoms with van der Waals surface area (Å²) in [6.07, 6.45) is 1.24. The smallest absolute Gasteiger partial charge is 0.276 e. The second-order valence-corrected chi connectivity index (χ2v) is 7.98. The quantitative estimate of drug-likeness (QED) is 0.717. The number of benzene rings is 2. The predicted octanol–water partition coefficient (Wildman–Crippen LogP) is 2.52. The summed E-state index contributed by atoms with van der Waals surface area (Å²) >= 11 is 4.93. The van der Waals surface area contributed by atoms with Crippen LogP contribution >= 0.6 is 27.7 Å². The number of carbonyl (C=O) groups is 1. The SMILES string of the molecule is C=CCSC1=NN2C(=c3ccccc3=N[C@@H]2c2cc(Br)ccc2OC)C(=O)N1. The fourth-order valence-corrected chi connectivity index (χ4v) is 4.10. The van der Waals surface area contributed by atoms with Crippen molar-refractivity contribution in [3.05, 3.63) is 75.7 Å². The molecule has 4 rings (SSSR count). The van der Waals surface area contributed by atoms with Crippen molar-refractivity contribution in [3.63, 3.8) is 0 Å². The highest BCUT2D eigenvalue weighted by Crippen LogP contribution is 2.36. The summed E-state index contributed by atoms with van der Waals surface area (Å²) in [5.41, 5.74) is 1.29. The number of carbonyl (C=O) groups excluding carboxylic acids is 1. The van der Waals surface area contributed by atoms with Gasteiger partial charge in [0, 0.05) is 21.0 Å². The molecule has 0 aromatic heterocycles. The number of ether oxygens (including phenoxy) is 1. The Kier molecular flexibility index (Phi) is 5.23. The first-order chi connectivity index (χ1) is 13.6.